The molecule has 0 radical (unpaired) electrons. The summed E-state index contributed by atoms with van der Waals surface area (Å²) in [7, 11) is 0. The number of hydrogen-bond acceptors (Lipinski definition) is 7. The van der Waals surface area contributed by atoms with E-state index in [1.807, 2.05) is 6.07 Å². The summed E-state index contributed by atoms with van der Waals surface area (Å²) in [6.45, 7) is 10.6. The highest BCUT2D eigenvalue weighted by Crippen LogP contribution is 2.66. The van der Waals surface area contributed by atoms with Crippen LogP contribution in [0.5, 0.6) is 11.5 Å². The molecule has 7 heteroatoms. The molecule has 0 N–H and O–H groups in total. The molecule has 0 amide bonds. The van der Waals surface area contributed by atoms with Gasteiger partial charge in [0.15, 0.2) is 11.5 Å². The van der Waals surface area contributed by atoms with Gasteiger partial charge in [-0.1, -0.05) is 13.0 Å². The van der Waals surface area contributed by atoms with Gasteiger partial charge < -0.3 is 18.9 Å². The largest absolute Gasteiger partial charge is 0.455 e. The summed E-state index contributed by atoms with van der Waals surface area (Å²) in [5.41, 5.74) is 0.820. The average Bonchev–Trinajstić information content (AvgIpc) is 3.19. The Morgan fingerprint density at radius 2 is 1.79 bits per heavy atom. The van der Waals surface area contributed by atoms with Gasteiger partial charge in [-0.25, -0.2) is 0 Å². The normalized spacial score (nSPS) is 43.1. The fraction of sp³-hybridized carbons (Fsp3) is 0.741. The second-order valence-electron chi connectivity index (χ2n) is 11.8. The van der Waals surface area contributed by atoms with Gasteiger partial charge in [0, 0.05) is 51.1 Å². The van der Waals surface area contributed by atoms with Crippen LogP contribution in [0.2, 0.25) is 0 Å². The maximum atomic E-state index is 13.3. The van der Waals surface area contributed by atoms with E-state index in [-0.39, 0.29) is 29.2 Å². The van der Waals surface area contributed by atoms with E-state index in [4.69, 9.17) is 18.9 Å². The van der Waals surface area contributed by atoms with E-state index in [1.54, 1.807) is 0 Å². The third kappa shape index (κ3) is 3.16. The van der Waals surface area contributed by atoms with Crippen LogP contribution in [0.1, 0.15) is 45.1 Å². The summed E-state index contributed by atoms with van der Waals surface area (Å²) < 4.78 is 23.6. The third-order valence-corrected chi connectivity index (χ3v) is 9.85. The minimum absolute atomic E-state index is 0.0121. The Bertz CT molecular complexity index is 993. The summed E-state index contributed by atoms with van der Waals surface area (Å²) >= 11 is 0. The zero-order valence-electron chi connectivity index (χ0n) is 20.3. The van der Waals surface area contributed by atoms with Gasteiger partial charge in [0.1, 0.15) is 11.7 Å². The number of piperazine rings is 1. The number of ether oxygens (including phenoxy) is 4. The van der Waals surface area contributed by atoms with Crippen molar-refractivity contribution in [1.82, 2.24) is 9.80 Å². The summed E-state index contributed by atoms with van der Waals surface area (Å²) in [6, 6.07) is 6.24. The maximum absolute atomic E-state index is 13.3. The molecule has 3 saturated heterocycles. The minimum Gasteiger partial charge on any atom is -0.455 e. The van der Waals surface area contributed by atoms with Crippen molar-refractivity contribution in [1.29, 1.82) is 0 Å². The number of rotatable bonds is 4. The smallest absolute Gasteiger partial charge is 0.311 e. The van der Waals surface area contributed by atoms with E-state index >= 15 is 0 Å². The highest BCUT2D eigenvalue weighted by atomic mass is 16.7. The van der Waals surface area contributed by atoms with E-state index in [0.717, 1.165) is 70.0 Å². The molecule has 2 saturated carbocycles. The number of esters is 1. The van der Waals surface area contributed by atoms with Crippen molar-refractivity contribution >= 4 is 5.97 Å². The Morgan fingerprint density at radius 3 is 2.65 bits per heavy atom. The van der Waals surface area contributed by atoms with Gasteiger partial charge in [-0.05, 0) is 56.2 Å². The highest BCUT2D eigenvalue weighted by molar-refractivity contribution is 5.77. The van der Waals surface area contributed by atoms with Crippen molar-refractivity contribution in [2.75, 3.05) is 39.5 Å². The van der Waals surface area contributed by atoms with E-state index < -0.39 is 0 Å². The molecule has 4 aliphatic heterocycles. The van der Waals surface area contributed by atoms with Crippen molar-refractivity contribution in [3.05, 3.63) is 23.8 Å². The number of epoxide rings is 1. The molecule has 1 aromatic carbocycles. The van der Waals surface area contributed by atoms with Crippen LogP contribution in [0.15, 0.2) is 18.2 Å². The number of fused-ring (bicyclic) bond motifs is 2. The van der Waals surface area contributed by atoms with Crippen molar-refractivity contribution in [2.24, 2.45) is 23.7 Å². The molecule has 0 bridgehead atoms. The molecule has 4 heterocycles. The van der Waals surface area contributed by atoms with Crippen LogP contribution in [0.3, 0.4) is 0 Å². The van der Waals surface area contributed by atoms with Crippen LogP contribution in [-0.4, -0.2) is 72.6 Å². The highest BCUT2D eigenvalue weighted by Gasteiger charge is 2.77. The molecule has 2 aliphatic carbocycles. The van der Waals surface area contributed by atoms with Gasteiger partial charge in [-0.15, -0.1) is 0 Å². The Labute approximate surface area is 201 Å². The topological polar surface area (TPSA) is 63.8 Å². The number of hydrogen-bond donors (Lipinski definition) is 0. The third-order valence-electron chi connectivity index (χ3n) is 9.85. The number of carbonyl (C=O) groups excluding carboxylic acids is 1. The molecule has 0 aromatic heterocycles. The summed E-state index contributed by atoms with van der Waals surface area (Å²) in [4.78, 5) is 18.3. The van der Waals surface area contributed by atoms with Crippen LogP contribution in [0, 0.1) is 23.7 Å². The molecule has 1 aromatic rings. The Hall–Kier alpha value is -1.83. The first kappa shape index (κ1) is 21.5. The van der Waals surface area contributed by atoms with Gasteiger partial charge in [-0.3, -0.25) is 14.6 Å². The summed E-state index contributed by atoms with van der Waals surface area (Å²) in [5, 5.41) is 0. The lowest BCUT2D eigenvalue weighted by Crippen LogP contribution is -2.58. The lowest BCUT2D eigenvalue weighted by Gasteiger charge is -2.50. The Kier molecular flexibility index (Phi) is 4.78. The second-order valence-corrected chi connectivity index (χ2v) is 11.8. The number of benzene rings is 1. The molecule has 7 atom stereocenters. The van der Waals surface area contributed by atoms with Crippen LogP contribution < -0.4 is 9.47 Å². The van der Waals surface area contributed by atoms with Crippen molar-refractivity contribution < 1.29 is 23.7 Å². The van der Waals surface area contributed by atoms with E-state index in [0.29, 0.717) is 24.5 Å². The molecule has 1 spiro atoms. The van der Waals surface area contributed by atoms with Crippen LogP contribution in [0.4, 0.5) is 0 Å². The fourth-order valence-electron chi connectivity index (χ4n) is 7.97. The molecule has 0 unspecified atom stereocenters. The molecule has 6 aliphatic rings. The molecular formula is C27H36N2O5. The van der Waals surface area contributed by atoms with Crippen molar-refractivity contribution in [2.45, 2.75) is 63.4 Å². The second kappa shape index (κ2) is 7.58. The van der Waals surface area contributed by atoms with E-state index in [1.165, 1.54) is 12.0 Å². The number of nitrogens with zero attached hydrogens (tertiary/aromatic N) is 2. The summed E-state index contributed by atoms with van der Waals surface area (Å²) in [5.74, 6) is 3.08. The molecule has 7 nitrogen and oxygen atoms in total. The van der Waals surface area contributed by atoms with Crippen molar-refractivity contribution in [3.8, 4) is 11.5 Å². The molecule has 7 rings (SSSR count). The van der Waals surface area contributed by atoms with Gasteiger partial charge in [0.2, 0.25) is 6.79 Å². The first-order chi connectivity index (χ1) is 16.5. The van der Waals surface area contributed by atoms with Crippen LogP contribution in [0.25, 0.3) is 0 Å². The lowest BCUT2D eigenvalue weighted by molar-refractivity contribution is -0.168. The van der Waals surface area contributed by atoms with Gasteiger partial charge >= 0.3 is 5.97 Å². The van der Waals surface area contributed by atoms with Crippen molar-refractivity contribution in [3.63, 3.8) is 0 Å². The van der Waals surface area contributed by atoms with E-state index in [9.17, 15) is 4.79 Å². The lowest BCUT2D eigenvalue weighted by atomic mass is 9.55. The first-order valence-electron chi connectivity index (χ1n) is 13.2. The first-order valence-corrected chi connectivity index (χ1v) is 13.2. The maximum Gasteiger partial charge on any atom is 0.311 e. The zero-order chi connectivity index (χ0) is 23.1. The number of carbonyl (C=O) groups is 1. The van der Waals surface area contributed by atoms with Crippen LogP contribution >= 0.6 is 0 Å². The average molecular weight is 469 g/mol. The predicted octanol–water partition coefficient (Wildman–Crippen LogP) is 3.06. The van der Waals surface area contributed by atoms with E-state index in [2.05, 4.69) is 35.8 Å². The molecule has 34 heavy (non-hydrogen) atoms. The molecule has 184 valence electrons. The van der Waals surface area contributed by atoms with Gasteiger partial charge in [0.05, 0.1) is 11.5 Å². The Balaban J connectivity index is 1.01. The Morgan fingerprint density at radius 1 is 1.00 bits per heavy atom. The summed E-state index contributed by atoms with van der Waals surface area (Å²) in [6.07, 6.45) is 4.64. The zero-order valence-corrected chi connectivity index (χ0v) is 20.3. The minimum atomic E-state index is -0.367. The molecular weight excluding hydrogens is 432 g/mol. The SMILES string of the molecule is C[C@@H]1CC[C@@H]2[C@H](CN3CCN(Cc4ccc5c(c4)OCO5)CC3)C(=O)O[C@@]23[C@@H]1CC[C@@]1(C)O[C@H]31. The predicted molar refractivity (Wildman–Crippen MR) is 124 cm³/mol. The van der Waals surface area contributed by atoms with Gasteiger partial charge in [-0.2, -0.15) is 0 Å². The van der Waals surface area contributed by atoms with Crippen LogP contribution in [-0.2, 0) is 20.8 Å². The quantitative estimate of drug-likeness (QED) is 0.497. The standard InChI is InChI=1S/C27H36N2O5/c1-17-3-5-21-19(24(30)33-27(21)20(17)7-8-26(2)25(27)34-26)15-29-11-9-28(10-12-29)14-18-4-6-22-23(13-18)32-16-31-22/h4,6,13,17,19-21,25H,3,5,7-12,14-16H2,1-2H3/t17-,19+,20-,21-,25+,26-,27+/m1/s1. The monoisotopic (exact) mass is 468 g/mol. The molecule has 5 fully saturated rings. The fourth-order valence-corrected chi connectivity index (χ4v) is 7.97. The van der Waals surface area contributed by atoms with Gasteiger partial charge in [0.25, 0.3) is 0 Å².